The third-order valence-corrected chi connectivity index (χ3v) is 4.93. The minimum Gasteiger partial charge on any atom is -0.317 e. The molecular formula is C18H14F3N7OS. The van der Waals surface area contributed by atoms with E-state index in [1.807, 2.05) is 6.92 Å². The molecule has 0 atom stereocenters. The van der Waals surface area contributed by atoms with Gasteiger partial charge in [-0.15, -0.1) is 11.3 Å². The van der Waals surface area contributed by atoms with Gasteiger partial charge in [0.15, 0.2) is 0 Å². The van der Waals surface area contributed by atoms with Crippen LogP contribution in [0, 0.1) is 6.92 Å². The second-order valence-corrected chi connectivity index (χ2v) is 7.18. The number of anilines is 1. The van der Waals surface area contributed by atoms with Crippen molar-refractivity contribution in [2.45, 2.75) is 19.6 Å². The van der Waals surface area contributed by atoms with Gasteiger partial charge >= 0.3 is 6.18 Å². The largest absolute Gasteiger partial charge is 0.408 e. The third kappa shape index (κ3) is 4.22. The first-order chi connectivity index (χ1) is 14.3. The number of thiazole rings is 1. The van der Waals surface area contributed by atoms with Crippen molar-refractivity contribution in [3.05, 3.63) is 53.6 Å². The predicted molar refractivity (Wildman–Crippen MR) is 104 cm³/mol. The zero-order valence-corrected chi connectivity index (χ0v) is 16.3. The number of halogens is 3. The Morgan fingerprint density at radius 3 is 2.83 bits per heavy atom. The smallest absolute Gasteiger partial charge is 0.317 e. The molecule has 30 heavy (non-hydrogen) atoms. The molecule has 0 bridgehead atoms. The standard InChI is InChI=1S/C18H14F3N7OS/c1-10-11(6-23-26-10)17-25-14(8-30-17)16(29)24-13-7-28(9-18(19,20)21)27-15(13)12-4-2-3-5-22-12/h2-8H,9H2,1H3,(H,23,26)(H,24,29). The van der Waals surface area contributed by atoms with Gasteiger partial charge in [0.25, 0.3) is 5.91 Å². The van der Waals surface area contributed by atoms with Crippen molar-refractivity contribution >= 4 is 22.9 Å². The van der Waals surface area contributed by atoms with E-state index in [2.05, 4.69) is 30.6 Å². The predicted octanol–water partition coefficient (Wildman–Crippen LogP) is 3.91. The maximum atomic E-state index is 12.8. The van der Waals surface area contributed by atoms with Crippen LogP contribution in [0.25, 0.3) is 22.0 Å². The lowest BCUT2D eigenvalue weighted by Crippen LogP contribution is -2.18. The van der Waals surface area contributed by atoms with Crippen LogP contribution in [0.2, 0.25) is 0 Å². The minimum absolute atomic E-state index is 0.108. The molecule has 0 aromatic carbocycles. The summed E-state index contributed by atoms with van der Waals surface area (Å²) < 4.78 is 39.1. The first kappa shape index (κ1) is 19.8. The molecule has 0 spiro atoms. The van der Waals surface area contributed by atoms with Gasteiger partial charge in [0.2, 0.25) is 0 Å². The molecule has 0 saturated heterocycles. The molecule has 0 saturated carbocycles. The summed E-state index contributed by atoms with van der Waals surface area (Å²) in [6.45, 7) is 0.543. The van der Waals surface area contributed by atoms with Gasteiger partial charge in [-0.1, -0.05) is 6.07 Å². The number of carbonyl (C=O) groups excluding carboxylic acids is 1. The van der Waals surface area contributed by atoms with E-state index in [0.29, 0.717) is 10.7 Å². The van der Waals surface area contributed by atoms with Gasteiger partial charge < -0.3 is 5.32 Å². The molecule has 0 aliphatic heterocycles. The molecule has 4 heterocycles. The first-order valence-electron chi connectivity index (χ1n) is 8.63. The number of nitrogens with zero attached hydrogens (tertiary/aromatic N) is 5. The highest BCUT2D eigenvalue weighted by molar-refractivity contribution is 7.13. The van der Waals surface area contributed by atoms with Crippen molar-refractivity contribution in [1.82, 2.24) is 29.9 Å². The molecule has 1 amide bonds. The lowest BCUT2D eigenvalue weighted by molar-refractivity contribution is -0.142. The highest BCUT2D eigenvalue weighted by atomic mass is 32.1. The van der Waals surface area contributed by atoms with E-state index in [1.165, 1.54) is 17.5 Å². The number of H-pyrrole nitrogens is 1. The Morgan fingerprint density at radius 1 is 1.33 bits per heavy atom. The van der Waals surface area contributed by atoms with Gasteiger partial charge in [-0.05, 0) is 19.1 Å². The zero-order chi connectivity index (χ0) is 21.3. The molecule has 0 radical (unpaired) electrons. The van der Waals surface area contributed by atoms with Crippen LogP contribution in [0.5, 0.6) is 0 Å². The van der Waals surface area contributed by atoms with Crippen LogP contribution in [0.4, 0.5) is 18.9 Å². The van der Waals surface area contributed by atoms with Crippen molar-refractivity contribution in [3.63, 3.8) is 0 Å². The van der Waals surface area contributed by atoms with Crippen LogP contribution < -0.4 is 5.32 Å². The van der Waals surface area contributed by atoms with Crippen LogP contribution in [0.3, 0.4) is 0 Å². The molecule has 4 aromatic rings. The molecule has 154 valence electrons. The number of rotatable bonds is 5. The molecule has 0 aliphatic carbocycles. The summed E-state index contributed by atoms with van der Waals surface area (Å²) in [7, 11) is 0. The van der Waals surface area contributed by atoms with Crippen molar-refractivity contribution in [2.75, 3.05) is 5.32 Å². The summed E-state index contributed by atoms with van der Waals surface area (Å²) in [5, 5.41) is 15.5. The van der Waals surface area contributed by atoms with Crippen molar-refractivity contribution in [3.8, 4) is 22.0 Å². The van der Waals surface area contributed by atoms with Gasteiger partial charge in [-0.25, -0.2) is 4.98 Å². The number of hydrogen-bond donors (Lipinski definition) is 2. The van der Waals surface area contributed by atoms with Crippen LogP contribution in [-0.4, -0.2) is 42.0 Å². The lowest BCUT2D eigenvalue weighted by Gasteiger charge is -2.05. The Hall–Kier alpha value is -3.54. The fourth-order valence-electron chi connectivity index (χ4n) is 2.72. The quantitative estimate of drug-likeness (QED) is 0.497. The van der Waals surface area contributed by atoms with E-state index >= 15 is 0 Å². The van der Waals surface area contributed by atoms with E-state index in [-0.39, 0.29) is 17.1 Å². The number of alkyl halides is 3. The zero-order valence-electron chi connectivity index (χ0n) is 15.4. The van der Waals surface area contributed by atoms with Gasteiger partial charge in [-0.2, -0.15) is 23.4 Å². The van der Waals surface area contributed by atoms with E-state index in [0.717, 1.165) is 22.1 Å². The number of aromatic nitrogens is 6. The normalized spacial score (nSPS) is 11.6. The summed E-state index contributed by atoms with van der Waals surface area (Å²) in [6, 6.07) is 4.94. The summed E-state index contributed by atoms with van der Waals surface area (Å²) >= 11 is 1.26. The second kappa shape index (κ2) is 7.71. The van der Waals surface area contributed by atoms with E-state index in [4.69, 9.17) is 0 Å². The Balaban J connectivity index is 1.63. The number of pyridine rings is 1. The fraction of sp³-hybridized carbons (Fsp3) is 0.167. The Labute approximate surface area is 171 Å². The first-order valence-corrected chi connectivity index (χ1v) is 9.51. The monoisotopic (exact) mass is 433 g/mol. The van der Waals surface area contributed by atoms with Gasteiger partial charge in [0.05, 0.1) is 23.1 Å². The van der Waals surface area contributed by atoms with E-state index < -0.39 is 18.6 Å². The van der Waals surface area contributed by atoms with Crippen LogP contribution in [-0.2, 0) is 6.54 Å². The second-order valence-electron chi connectivity index (χ2n) is 6.32. The highest BCUT2D eigenvalue weighted by Gasteiger charge is 2.29. The summed E-state index contributed by atoms with van der Waals surface area (Å²) in [5.74, 6) is -0.567. The van der Waals surface area contributed by atoms with Crippen LogP contribution in [0.1, 0.15) is 16.2 Å². The molecular weight excluding hydrogens is 419 g/mol. The maximum Gasteiger partial charge on any atom is 0.408 e. The number of nitrogens with one attached hydrogen (secondary N) is 2. The van der Waals surface area contributed by atoms with Crippen LogP contribution >= 0.6 is 11.3 Å². The number of aromatic amines is 1. The maximum absolute atomic E-state index is 12.8. The Kier molecular flexibility index (Phi) is 5.08. The molecule has 8 nitrogen and oxygen atoms in total. The summed E-state index contributed by atoms with van der Waals surface area (Å²) in [4.78, 5) is 21.1. The number of aryl methyl sites for hydroxylation is 1. The van der Waals surface area contributed by atoms with Gasteiger partial charge in [0.1, 0.15) is 22.9 Å². The number of hydrogen-bond acceptors (Lipinski definition) is 6. The van der Waals surface area contributed by atoms with Gasteiger partial charge in [0, 0.05) is 23.5 Å². The minimum atomic E-state index is -4.46. The average molecular weight is 433 g/mol. The van der Waals surface area contributed by atoms with Crippen molar-refractivity contribution in [1.29, 1.82) is 0 Å². The molecule has 0 aliphatic rings. The summed E-state index contributed by atoms with van der Waals surface area (Å²) in [6.07, 6.45) is -0.232. The van der Waals surface area contributed by atoms with Gasteiger partial charge in [-0.3, -0.25) is 19.6 Å². The molecule has 4 aromatic heterocycles. The molecule has 2 N–H and O–H groups in total. The summed E-state index contributed by atoms with van der Waals surface area (Å²) in [5.41, 5.74) is 2.28. The molecule has 4 rings (SSSR count). The van der Waals surface area contributed by atoms with Crippen molar-refractivity contribution in [2.24, 2.45) is 0 Å². The van der Waals surface area contributed by atoms with E-state index in [9.17, 15) is 18.0 Å². The SMILES string of the molecule is Cc1[nH]ncc1-c1nc(C(=O)Nc2cn(CC(F)(F)F)nc2-c2ccccn2)cs1. The molecule has 0 fully saturated rings. The fourth-order valence-corrected chi connectivity index (χ4v) is 3.59. The third-order valence-electron chi connectivity index (χ3n) is 4.06. The lowest BCUT2D eigenvalue weighted by atomic mass is 10.2. The average Bonchev–Trinajstić information content (AvgIpc) is 3.41. The Morgan fingerprint density at radius 2 is 2.17 bits per heavy atom. The Bertz CT molecular complexity index is 1180. The highest BCUT2D eigenvalue weighted by Crippen LogP contribution is 2.29. The van der Waals surface area contributed by atoms with Crippen LogP contribution in [0.15, 0.2) is 42.2 Å². The molecule has 0 unspecified atom stereocenters. The molecule has 12 heteroatoms. The van der Waals surface area contributed by atoms with Crippen molar-refractivity contribution < 1.29 is 18.0 Å². The van der Waals surface area contributed by atoms with E-state index in [1.54, 1.807) is 29.8 Å². The number of amides is 1. The topological polar surface area (TPSA) is 101 Å². The number of carbonyl (C=O) groups is 1.